The molecule has 1 N–H and O–H groups in total. The molecule has 0 unspecified atom stereocenters. The third-order valence-electron chi connectivity index (χ3n) is 3.18. The third kappa shape index (κ3) is 3.56. The fraction of sp³-hybridized carbons (Fsp3) is 0.467. The average molecular weight is 321 g/mol. The van der Waals surface area contributed by atoms with Crippen molar-refractivity contribution in [2.75, 3.05) is 26.0 Å². The maximum Gasteiger partial charge on any atom is 0.149 e. The van der Waals surface area contributed by atoms with E-state index in [0.717, 1.165) is 46.6 Å². The van der Waals surface area contributed by atoms with Gasteiger partial charge in [0.2, 0.25) is 0 Å². The van der Waals surface area contributed by atoms with Gasteiger partial charge in [-0.2, -0.15) is 0 Å². The van der Waals surface area contributed by atoms with Gasteiger partial charge in [0.15, 0.2) is 0 Å². The second kappa shape index (κ2) is 6.77. The number of ether oxygens (including phenoxy) is 1. The van der Waals surface area contributed by atoms with E-state index in [1.54, 1.807) is 23.1 Å². The minimum Gasteiger partial charge on any atom is -0.493 e. The first-order chi connectivity index (χ1) is 10.3. The summed E-state index contributed by atoms with van der Waals surface area (Å²) in [7, 11) is 1.95. The number of aromatic nitrogens is 1. The van der Waals surface area contributed by atoms with Gasteiger partial charge in [0.25, 0.3) is 0 Å². The van der Waals surface area contributed by atoms with Crippen LogP contribution in [0, 0.1) is 0 Å². The van der Waals surface area contributed by atoms with Gasteiger partial charge in [-0.15, -0.1) is 23.1 Å². The van der Waals surface area contributed by atoms with Gasteiger partial charge in [-0.25, -0.2) is 4.98 Å². The summed E-state index contributed by atoms with van der Waals surface area (Å²) in [5.41, 5.74) is 1.03. The summed E-state index contributed by atoms with van der Waals surface area (Å²) in [6.45, 7) is 3.85. The van der Waals surface area contributed by atoms with Crippen molar-refractivity contribution in [1.29, 1.82) is 0 Å². The minimum atomic E-state index is 0.406. The summed E-state index contributed by atoms with van der Waals surface area (Å²) < 4.78 is 6.94. The summed E-state index contributed by atoms with van der Waals surface area (Å²) in [5.74, 6) is 1.98. The molecule has 1 aliphatic rings. The lowest BCUT2D eigenvalue weighted by Crippen LogP contribution is -2.11. The van der Waals surface area contributed by atoms with Crippen LogP contribution in [0.1, 0.15) is 18.4 Å². The molecule has 6 heteroatoms. The third-order valence-corrected chi connectivity index (χ3v) is 5.56. The van der Waals surface area contributed by atoms with Crippen LogP contribution < -0.4 is 10.1 Å². The van der Waals surface area contributed by atoms with E-state index in [4.69, 9.17) is 4.74 Å². The molecule has 0 aliphatic carbocycles. The van der Waals surface area contributed by atoms with Crippen molar-refractivity contribution in [2.24, 2.45) is 4.99 Å². The molecule has 4 nitrogen and oxygen atoms in total. The highest BCUT2D eigenvalue weighted by molar-refractivity contribution is 8.15. The Balaban J connectivity index is 1.74. The molecule has 2 heterocycles. The molecule has 3 rings (SSSR count). The highest BCUT2D eigenvalue weighted by atomic mass is 32.2. The lowest BCUT2D eigenvalue weighted by atomic mass is 10.3. The van der Waals surface area contributed by atoms with E-state index in [1.807, 2.05) is 19.2 Å². The number of fused-ring (bicyclic) bond motifs is 1. The second-order valence-electron chi connectivity index (χ2n) is 5.05. The number of nitrogens with zero attached hydrogens (tertiary/aromatic N) is 2. The van der Waals surface area contributed by atoms with E-state index in [-0.39, 0.29) is 0 Å². The van der Waals surface area contributed by atoms with Crippen LogP contribution in [0.4, 0.5) is 0 Å². The second-order valence-corrected chi connectivity index (χ2v) is 7.09. The van der Waals surface area contributed by atoms with Crippen molar-refractivity contribution >= 4 is 38.4 Å². The van der Waals surface area contributed by atoms with Crippen LogP contribution >= 0.6 is 23.1 Å². The summed E-state index contributed by atoms with van der Waals surface area (Å²) in [6, 6.07) is 6.52. The van der Waals surface area contributed by atoms with Crippen molar-refractivity contribution in [2.45, 2.75) is 19.4 Å². The van der Waals surface area contributed by atoms with Crippen molar-refractivity contribution in [3.63, 3.8) is 0 Å². The molecule has 0 amide bonds. The quantitative estimate of drug-likeness (QED) is 0.830. The van der Waals surface area contributed by atoms with E-state index in [1.165, 1.54) is 4.70 Å². The predicted molar refractivity (Wildman–Crippen MR) is 92.1 cm³/mol. The normalized spacial score (nSPS) is 18.2. The summed E-state index contributed by atoms with van der Waals surface area (Å²) >= 11 is 3.50. The number of rotatable bonds is 6. The Morgan fingerprint density at radius 3 is 3.10 bits per heavy atom. The van der Waals surface area contributed by atoms with Crippen LogP contribution in [0.15, 0.2) is 23.2 Å². The maximum absolute atomic E-state index is 5.77. The molecule has 1 aromatic carbocycles. The molecule has 1 aromatic heterocycles. The number of thioether (sulfide) groups is 1. The molecule has 0 bridgehead atoms. The first-order valence-electron chi connectivity index (χ1n) is 7.15. The van der Waals surface area contributed by atoms with E-state index in [9.17, 15) is 0 Å². The molecule has 2 aromatic rings. The molecular formula is C15H19N3OS2. The SMILES string of the molecule is CNCCCOc1ccc2nc(C3=N[C@@H](C)CS3)sc2c1. The summed E-state index contributed by atoms with van der Waals surface area (Å²) in [4.78, 5) is 9.32. The average Bonchev–Trinajstić information content (AvgIpc) is 3.09. The smallest absolute Gasteiger partial charge is 0.149 e. The fourth-order valence-corrected chi connectivity index (χ4v) is 4.20. The Labute approximate surface area is 133 Å². The van der Waals surface area contributed by atoms with E-state index in [0.29, 0.717) is 6.04 Å². The van der Waals surface area contributed by atoms with E-state index in [2.05, 4.69) is 28.3 Å². The Kier molecular flexibility index (Phi) is 4.77. The zero-order valence-electron chi connectivity index (χ0n) is 12.3. The van der Waals surface area contributed by atoms with Crippen molar-refractivity contribution in [3.8, 4) is 5.75 Å². The molecule has 0 saturated heterocycles. The Morgan fingerprint density at radius 2 is 2.33 bits per heavy atom. The van der Waals surface area contributed by atoms with Crippen molar-refractivity contribution in [1.82, 2.24) is 10.3 Å². The monoisotopic (exact) mass is 321 g/mol. The Morgan fingerprint density at radius 1 is 1.43 bits per heavy atom. The lowest BCUT2D eigenvalue weighted by molar-refractivity contribution is 0.310. The highest BCUT2D eigenvalue weighted by Gasteiger charge is 2.19. The van der Waals surface area contributed by atoms with Crippen molar-refractivity contribution in [3.05, 3.63) is 23.2 Å². The molecule has 1 atom stereocenters. The zero-order valence-corrected chi connectivity index (χ0v) is 13.9. The molecule has 0 radical (unpaired) electrons. The van der Waals surface area contributed by atoms with E-state index < -0.39 is 0 Å². The van der Waals surface area contributed by atoms with Crippen LogP contribution in [0.2, 0.25) is 0 Å². The molecule has 0 saturated carbocycles. The van der Waals surface area contributed by atoms with Crippen LogP contribution in [0.3, 0.4) is 0 Å². The van der Waals surface area contributed by atoms with Crippen LogP contribution in [0.5, 0.6) is 5.75 Å². The molecule has 1 aliphatic heterocycles. The number of benzene rings is 1. The van der Waals surface area contributed by atoms with Gasteiger partial charge in [0, 0.05) is 5.75 Å². The van der Waals surface area contributed by atoms with Crippen LogP contribution in [-0.2, 0) is 0 Å². The number of thiazole rings is 1. The standard InChI is InChI=1S/C15H19N3OS2/c1-10-9-20-14(17-10)15-18-12-5-4-11(8-13(12)21-15)19-7-3-6-16-2/h4-5,8,10,16H,3,6-7,9H2,1-2H3/t10-/m0/s1. The van der Waals surface area contributed by atoms with Gasteiger partial charge in [0.1, 0.15) is 15.8 Å². The number of hydrogen-bond acceptors (Lipinski definition) is 6. The molecular weight excluding hydrogens is 302 g/mol. The first-order valence-corrected chi connectivity index (χ1v) is 8.95. The Bertz CT molecular complexity index is 653. The van der Waals surface area contributed by atoms with Gasteiger partial charge in [-0.3, -0.25) is 4.99 Å². The van der Waals surface area contributed by atoms with Crippen LogP contribution in [-0.4, -0.2) is 42.0 Å². The topological polar surface area (TPSA) is 46.5 Å². The lowest BCUT2D eigenvalue weighted by Gasteiger charge is -2.05. The predicted octanol–water partition coefficient (Wildman–Crippen LogP) is 3.17. The van der Waals surface area contributed by atoms with Gasteiger partial charge < -0.3 is 10.1 Å². The van der Waals surface area contributed by atoms with E-state index >= 15 is 0 Å². The molecule has 21 heavy (non-hydrogen) atoms. The van der Waals surface area contributed by atoms with Gasteiger partial charge in [0.05, 0.1) is 22.9 Å². The number of nitrogens with one attached hydrogen (secondary N) is 1. The molecule has 0 fully saturated rings. The van der Waals surface area contributed by atoms with Gasteiger partial charge in [-0.1, -0.05) is 0 Å². The molecule has 112 valence electrons. The zero-order chi connectivity index (χ0) is 14.7. The minimum absolute atomic E-state index is 0.406. The Hall–Kier alpha value is -1.11. The van der Waals surface area contributed by atoms with Crippen molar-refractivity contribution < 1.29 is 4.74 Å². The summed E-state index contributed by atoms with van der Waals surface area (Å²) in [6.07, 6.45) is 1.01. The summed E-state index contributed by atoms with van der Waals surface area (Å²) in [5, 5.41) is 5.24. The first kappa shape index (κ1) is 14.8. The molecule has 0 spiro atoms. The fourth-order valence-electron chi connectivity index (χ4n) is 2.12. The van der Waals surface area contributed by atoms with Crippen LogP contribution in [0.25, 0.3) is 10.2 Å². The largest absolute Gasteiger partial charge is 0.493 e. The number of aliphatic imine (C=N–C) groups is 1. The number of hydrogen-bond donors (Lipinski definition) is 1. The highest BCUT2D eigenvalue weighted by Crippen LogP contribution is 2.31. The maximum atomic E-state index is 5.77. The van der Waals surface area contributed by atoms with Gasteiger partial charge in [-0.05, 0) is 45.1 Å². The van der Waals surface area contributed by atoms with Gasteiger partial charge >= 0.3 is 0 Å².